The first-order valence-corrected chi connectivity index (χ1v) is 16.9. The van der Waals surface area contributed by atoms with E-state index in [4.69, 9.17) is 0 Å². The van der Waals surface area contributed by atoms with Gasteiger partial charge in [-0.25, -0.2) is 9.59 Å². The van der Waals surface area contributed by atoms with Gasteiger partial charge in [0, 0.05) is 44.0 Å². The number of hydrogen-bond acceptors (Lipinski definition) is 2. The first-order chi connectivity index (χ1) is 25.0. The second-order valence-corrected chi connectivity index (χ2v) is 13.5. The first kappa shape index (κ1) is 28.0. The molecule has 0 unspecified atom stereocenters. The first-order valence-electron chi connectivity index (χ1n) is 16.9. The SMILES string of the molecule is O=C(O)c1ccc(-c2ccc3c(c2)c2cccc4c2n3-c2cccc3c2B4c2cccc4c5cc(-c6ccc(C(=O)O)cc6)ccc5n-3c24)cc1. The van der Waals surface area contributed by atoms with Crippen LogP contribution in [0, 0.1) is 0 Å². The van der Waals surface area contributed by atoms with Gasteiger partial charge in [-0.2, -0.15) is 0 Å². The molecule has 0 aliphatic carbocycles. The molecule has 11 rings (SSSR count). The molecule has 0 amide bonds. The molecule has 0 radical (unpaired) electrons. The predicted octanol–water partition coefficient (Wildman–Crippen LogP) is 7.75. The summed E-state index contributed by atoms with van der Waals surface area (Å²) in [4.78, 5) is 23.0. The molecule has 2 aliphatic heterocycles. The zero-order valence-electron chi connectivity index (χ0n) is 27.0. The second kappa shape index (κ2) is 9.86. The number of aromatic carboxylic acids is 2. The van der Waals surface area contributed by atoms with E-state index in [0.29, 0.717) is 0 Å². The van der Waals surface area contributed by atoms with Gasteiger partial charge < -0.3 is 19.3 Å². The molecule has 2 aliphatic rings. The van der Waals surface area contributed by atoms with Crippen LogP contribution in [0.4, 0.5) is 0 Å². The predicted molar refractivity (Wildman–Crippen MR) is 205 cm³/mol. The molecule has 0 saturated heterocycles. The summed E-state index contributed by atoms with van der Waals surface area (Å²) in [6, 6.07) is 47.3. The molecule has 51 heavy (non-hydrogen) atoms. The molecule has 7 aromatic carbocycles. The van der Waals surface area contributed by atoms with E-state index in [1.54, 1.807) is 24.3 Å². The summed E-state index contributed by atoms with van der Waals surface area (Å²) < 4.78 is 4.87. The highest BCUT2D eigenvalue weighted by Crippen LogP contribution is 2.40. The fourth-order valence-electron chi connectivity index (χ4n) is 8.83. The van der Waals surface area contributed by atoms with Gasteiger partial charge in [-0.1, -0.05) is 78.9 Å². The number of rotatable bonds is 4. The lowest BCUT2D eigenvalue weighted by Gasteiger charge is -2.33. The lowest BCUT2D eigenvalue weighted by molar-refractivity contribution is 0.0686. The number of aromatic nitrogens is 2. The van der Waals surface area contributed by atoms with Crippen LogP contribution in [-0.4, -0.2) is 38.0 Å². The third-order valence-electron chi connectivity index (χ3n) is 11.0. The van der Waals surface area contributed by atoms with Gasteiger partial charge in [-0.05, 0) is 99.3 Å². The van der Waals surface area contributed by atoms with Crippen molar-refractivity contribution in [3.8, 4) is 33.6 Å². The second-order valence-electron chi connectivity index (χ2n) is 13.5. The van der Waals surface area contributed by atoms with Crippen LogP contribution in [0.5, 0.6) is 0 Å². The summed E-state index contributed by atoms with van der Waals surface area (Å²) in [5.41, 5.74) is 15.5. The monoisotopic (exact) mass is 656 g/mol. The Morgan fingerprint density at radius 1 is 0.451 bits per heavy atom. The summed E-state index contributed by atoms with van der Waals surface area (Å²) in [6.07, 6.45) is 0. The van der Waals surface area contributed by atoms with Gasteiger partial charge in [0.25, 0.3) is 6.71 Å². The van der Waals surface area contributed by atoms with Gasteiger partial charge in [0.1, 0.15) is 0 Å². The maximum atomic E-state index is 11.5. The lowest BCUT2D eigenvalue weighted by Crippen LogP contribution is -2.59. The Morgan fingerprint density at radius 3 is 1.29 bits per heavy atom. The van der Waals surface area contributed by atoms with Crippen LogP contribution < -0.4 is 16.4 Å². The van der Waals surface area contributed by atoms with Crippen LogP contribution in [-0.2, 0) is 0 Å². The van der Waals surface area contributed by atoms with E-state index in [0.717, 1.165) is 44.1 Å². The molecule has 7 heteroatoms. The Labute approximate surface area is 291 Å². The molecule has 238 valence electrons. The molecule has 6 nitrogen and oxygen atoms in total. The highest BCUT2D eigenvalue weighted by molar-refractivity contribution is 7.00. The molecule has 0 spiro atoms. The van der Waals surface area contributed by atoms with Crippen LogP contribution in [0.15, 0.2) is 140 Å². The largest absolute Gasteiger partial charge is 0.478 e. The Balaban J connectivity index is 1.15. The van der Waals surface area contributed by atoms with Crippen LogP contribution >= 0.6 is 0 Å². The minimum absolute atomic E-state index is 0.0447. The number of para-hydroxylation sites is 2. The summed E-state index contributed by atoms with van der Waals surface area (Å²) >= 11 is 0. The number of benzene rings is 7. The Hall–Kier alpha value is -6.86. The van der Waals surface area contributed by atoms with Crippen molar-refractivity contribution < 1.29 is 19.8 Å². The van der Waals surface area contributed by atoms with E-state index in [9.17, 15) is 19.8 Å². The van der Waals surface area contributed by atoms with Gasteiger partial charge >= 0.3 is 11.9 Å². The molecule has 0 bridgehead atoms. The van der Waals surface area contributed by atoms with Crippen molar-refractivity contribution in [3.63, 3.8) is 0 Å². The molecule has 0 atom stereocenters. The molecule has 0 fully saturated rings. The molecule has 2 aromatic heterocycles. The third kappa shape index (κ3) is 3.67. The quantitative estimate of drug-likeness (QED) is 0.190. The van der Waals surface area contributed by atoms with Crippen LogP contribution in [0.3, 0.4) is 0 Å². The maximum absolute atomic E-state index is 11.5. The van der Waals surface area contributed by atoms with E-state index in [1.165, 1.54) is 49.6 Å². The van der Waals surface area contributed by atoms with Crippen molar-refractivity contribution in [2.24, 2.45) is 0 Å². The zero-order chi connectivity index (χ0) is 34.1. The third-order valence-corrected chi connectivity index (χ3v) is 11.0. The number of fused-ring (bicyclic) bond motifs is 10. The van der Waals surface area contributed by atoms with E-state index in [-0.39, 0.29) is 17.8 Å². The highest BCUT2D eigenvalue weighted by atomic mass is 16.4. The van der Waals surface area contributed by atoms with E-state index in [1.807, 2.05) is 24.3 Å². The summed E-state index contributed by atoms with van der Waals surface area (Å²) in [7, 11) is 0. The molecule has 2 N–H and O–H groups in total. The fraction of sp³-hybridized carbons (Fsp3) is 0. The number of carboxylic acid groups (broad SMARTS) is 2. The smallest absolute Gasteiger partial charge is 0.335 e. The summed E-state index contributed by atoms with van der Waals surface area (Å²) in [5, 5.41) is 23.5. The van der Waals surface area contributed by atoms with E-state index in [2.05, 4.69) is 100 Å². The van der Waals surface area contributed by atoms with Crippen LogP contribution in [0.25, 0.3) is 77.2 Å². The number of nitrogens with zero attached hydrogens (tertiary/aromatic N) is 2. The van der Waals surface area contributed by atoms with Crippen molar-refractivity contribution in [2.45, 2.75) is 0 Å². The fourth-order valence-corrected chi connectivity index (χ4v) is 8.83. The Bertz CT molecular complexity index is 2820. The highest BCUT2D eigenvalue weighted by Gasteiger charge is 2.40. The summed E-state index contributed by atoms with van der Waals surface area (Å²) in [5.74, 6) is -1.86. The Morgan fingerprint density at radius 2 is 0.863 bits per heavy atom. The van der Waals surface area contributed by atoms with Crippen molar-refractivity contribution in [3.05, 3.63) is 151 Å². The van der Waals surface area contributed by atoms with Crippen LogP contribution in [0.2, 0.25) is 0 Å². The number of carboxylic acids is 2. The van der Waals surface area contributed by atoms with Gasteiger partial charge in [-0.15, -0.1) is 0 Å². The molecular weight excluding hydrogens is 631 g/mol. The van der Waals surface area contributed by atoms with Crippen molar-refractivity contribution >= 4 is 78.7 Å². The molecule has 0 saturated carbocycles. The zero-order valence-corrected chi connectivity index (χ0v) is 27.0. The van der Waals surface area contributed by atoms with Crippen LogP contribution in [0.1, 0.15) is 20.7 Å². The number of hydrogen-bond donors (Lipinski definition) is 2. The van der Waals surface area contributed by atoms with Crippen molar-refractivity contribution in [1.82, 2.24) is 9.13 Å². The van der Waals surface area contributed by atoms with Gasteiger partial charge in [-0.3, -0.25) is 0 Å². The normalized spacial score (nSPS) is 12.6. The molecule has 4 heterocycles. The van der Waals surface area contributed by atoms with E-state index < -0.39 is 11.9 Å². The average molecular weight is 657 g/mol. The number of carbonyl (C=O) groups is 2. The summed E-state index contributed by atoms with van der Waals surface area (Å²) in [6.45, 7) is 0.0447. The van der Waals surface area contributed by atoms with Crippen molar-refractivity contribution in [2.75, 3.05) is 0 Å². The average Bonchev–Trinajstić information content (AvgIpc) is 3.68. The minimum atomic E-state index is -0.930. The molecule has 9 aromatic rings. The topological polar surface area (TPSA) is 84.5 Å². The minimum Gasteiger partial charge on any atom is -0.478 e. The van der Waals surface area contributed by atoms with Crippen molar-refractivity contribution in [1.29, 1.82) is 0 Å². The lowest BCUT2D eigenvalue weighted by atomic mass is 9.34. The molecular formula is C44H25BN2O4. The van der Waals surface area contributed by atoms with Gasteiger partial charge in [0.05, 0.1) is 22.2 Å². The van der Waals surface area contributed by atoms with Gasteiger partial charge in [0.15, 0.2) is 0 Å². The maximum Gasteiger partial charge on any atom is 0.335 e. The standard InChI is InChI=1S/C44H25BN2O4/c48-43(49)26-14-10-24(11-15-26)28-18-20-36-32(22-28)30-4-1-6-34-41(30)46(36)38-8-3-9-39-40(38)45(34)35-7-2-5-31-33-23-29(19-21-37(33)47(39)42(31)35)25-12-16-27(17-13-25)44(50)51/h1-23H,(H,48,49)(H,50,51). The van der Waals surface area contributed by atoms with E-state index >= 15 is 0 Å². The van der Waals surface area contributed by atoms with Gasteiger partial charge in [0.2, 0.25) is 0 Å². The Kier molecular flexibility index (Phi) is 5.42.